The molecule has 10 aromatic carbocycles. The van der Waals surface area contributed by atoms with Gasteiger partial charge in [0.25, 0.3) is 0 Å². The third-order valence-electron chi connectivity index (χ3n) is 18.8. The van der Waals surface area contributed by atoms with Gasteiger partial charge in [0.05, 0.1) is 5.69 Å². The molecule has 12 aromatic rings. The van der Waals surface area contributed by atoms with E-state index in [-0.39, 0.29) is 21.7 Å². The minimum absolute atomic E-state index is 0.173. The van der Waals surface area contributed by atoms with E-state index in [4.69, 9.17) is 8.83 Å². The van der Waals surface area contributed by atoms with Gasteiger partial charge < -0.3 is 13.7 Å². The van der Waals surface area contributed by atoms with Crippen LogP contribution in [0, 0.1) is 6.92 Å². The molecule has 0 saturated carbocycles. The first-order chi connectivity index (χ1) is 36.7. The van der Waals surface area contributed by atoms with Crippen LogP contribution in [0.2, 0.25) is 0 Å². The minimum Gasteiger partial charge on any atom is -0.455 e. The number of rotatable bonds is 4. The first-order valence-electron chi connectivity index (χ1n) is 27.2. The Morgan fingerprint density at radius 3 is 1.53 bits per heavy atom. The van der Waals surface area contributed by atoms with Gasteiger partial charge in [-0.2, -0.15) is 0 Å². The Labute approximate surface area is 444 Å². The number of furan rings is 2. The monoisotopic (exact) mass is 979 g/mol. The molecular formula is C73H57NO2. The number of nitrogens with zero attached hydrogens (tertiary/aromatic N) is 1. The minimum atomic E-state index is -0.370. The normalized spacial score (nSPS) is 16.1. The maximum absolute atomic E-state index is 7.13. The Balaban J connectivity index is 0.953. The van der Waals surface area contributed by atoms with Crippen molar-refractivity contribution < 1.29 is 8.83 Å². The van der Waals surface area contributed by atoms with Gasteiger partial charge in [-0.1, -0.05) is 194 Å². The molecule has 0 saturated heterocycles. The molecule has 0 aliphatic heterocycles. The highest BCUT2D eigenvalue weighted by atomic mass is 16.3. The predicted molar refractivity (Wildman–Crippen MR) is 316 cm³/mol. The van der Waals surface area contributed by atoms with Gasteiger partial charge in [0.1, 0.15) is 22.3 Å². The fourth-order valence-electron chi connectivity index (χ4n) is 15.3. The molecular weight excluding hydrogens is 923 g/mol. The summed E-state index contributed by atoms with van der Waals surface area (Å²) >= 11 is 0. The van der Waals surface area contributed by atoms with Crippen LogP contribution in [0.3, 0.4) is 0 Å². The maximum Gasteiger partial charge on any atom is 0.144 e. The van der Waals surface area contributed by atoms with E-state index in [1.807, 2.05) is 0 Å². The molecule has 2 heterocycles. The van der Waals surface area contributed by atoms with Crippen LogP contribution in [0.5, 0.6) is 0 Å². The summed E-state index contributed by atoms with van der Waals surface area (Å²) in [5, 5.41) is 4.75. The van der Waals surface area contributed by atoms with Crippen LogP contribution < -0.4 is 4.90 Å². The molecule has 4 aliphatic carbocycles. The highest BCUT2D eigenvalue weighted by molar-refractivity contribution is 6.21. The van der Waals surface area contributed by atoms with Crippen molar-refractivity contribution in [2.45, 2.75) is 84.0 Å². The quantitative estimate of drug-likeness (QED) is 0.176. The molecule has 76 heavy (non-hydrogen) atoms. The zero-order chi connectivity index (χ0) is 51.5. The van der Waals surface area contributed by atoms with E-state index in [0.29, 0.717) is 0 Å². The highest BCUT2D eigenvalue weighted by Gasteiger charge is 2.49. The smallest absolute Gasteiger partial charge is 0.144 e. The Kier molecular flexibility index (Phi) is 8.38. The molecule has 0 radical (unpaired) electrons. The Morgan fingerprint density at radius 2 is 0.842 bits per heavy atom. The Hall–Kier alpha value is -8.40. The number of hydrogen-bond acceptors (Lipinski definition) is 3. The van der Waals surface area contributed by atoms with Crippen LogP contribution in [0.4, 0.5) is 17.1 Å². The van der Waals surface area contributed by atoms with Crippen molar-refractivity contribution in [3.8, 4) is 55.6 Å². The van der Waals surface area contributed by atoms with Crippen molar-refractivity contribution in [3.05, 3.63) is 232 Å². The van der Waals surface area contributed by atoms with E-state index in [9.17, 15) is 0 Å². The fourth-order valence-corrected chi connectivity index (χ4v) is 15.3. The lowest BCUT2D eigenvalue weighted by Gasteiger charge is -2.32. The summed E-state index contributed by atoms with van der Waals surface area (Å²) in [6, 6.07) is 68.3. The third kappa shape index (κ3) is 5.38. The molecule has 0 fully saturated rings. The molecule has 4 aliphatic rings. The van der Waals surface area contributed by atoms with E-state index in [2.05, 4.69) is 249 Å². The molecule has 0 bridgehead atoms. The van der Waals surface area contributed by atoms with E-state index in [0.717, 1.165) is 44.7 Å². The summed E-state index contributed by atoms with van der Waals surface area (Å²) in [6.07, 6.45) is 0. The van der Waals surface area contributed by atoms with Gasteiger partial charge in [0.15, 0.2) is 0 Å². The molecule has 3 heteroatoms. The van der Waals surface area contributed by atoms with E-state index < -0.39 is 0 Å². The molecule has 16 rings (SSSR count). The third-order valence-corrected chi connectivity index (χ3v) is 18.8. The molecule has 366 valence electrons. The second kappa shape index (κ2) is 14.5. The van der Waals surface area contributed by atoms with E-state index in [1.54, 1.807) is 0 Å². The number of anilines is 3. The summed E-state index contributed by atoms with van der Waals surface area (Å²) in [6.45, 7) is 21.6. The van der Waals surface area contributed by atoms with Crippen molar-refractivity contribution in [1.82, 2.24) is 0 Å². The number of hydrogen-bond donors (Lipinski definition) is 0. The summed E-state index contributed by atoms with van der Waals surface area (Å²) in [5.74, 6) is 0. The number of fused-ring (bicyclic) bond motifs is 22. The average molecular weight is 980 g/mol. The summed E-state index contributed by atoms with van der Waals surface area (Å²) < 4.78 is 14.0. The van der Waals surface area contributed by atoms with Gasteiger partial charge in [-0.3, -0.25) is 0 Å². The van der Waals surface area contributed by atoms with Gasteiger partial charge in [-0.05, 0) is 139 Å². The fraction of sp³-hybridized carbons (Fsp3) is 0.178. The molecule has 3 nitrogen and oxygen atoms in total. The molecule has 0 unspecified atom stereocenters. The zero-order valence-corrected chi connectivity index (χ0v) is 44.6. The molecule has 0 atom stereocenters. The van der Waals surface area contributed by atoms with Gasteiger partial charge in [0, 0.05) is 71.3 Å². The maximum atomic E-state index is 7.13. The van der Waals surface area contributed by atoms with E-state index in [1.165, 1.54) is 122 Å². The first kappa shape index (κ1) is 43.9. The Bertz CT molecular complexity index is 4600. The van der Waals surface area contributed by atoms with Crippen LogP contribution >= 0.6 is 0 Å². The van der Waals surface area contributed by atoms with Gasteiger partial charge >= 0.3 is 0 Å². The zero-order valence-electron chi connectivity index (χ0n) is 44.6. The van der Waals surface area contributed by atoms with Gasteiger partial charge in [-0.25, -0.2) is 0 Å². The van der Waals surface area contributed by atoms with Crippen LogP contribution in [0.1, 0.15) is 105 Å². The summed E-state index contributed by atoms with van der Waals surface area (Å²) in [5.41, 5.74) is 30.8. The highest BCUT2D eigenvalue weighted by Crippen LogP contribution is 2.65. The average Bonchev–Trinajstić information content (AvgIpc) is 4.41. The second-order valence-corrected chi connectivity index (χ2v) is 24.4. The lowest BCUT2D eigenvalue weighted by atomic mass is 9.72. The largest absolute Gasteiger partial charge is 0.455 e. The molecule has 0 spiro atoms. The predicted octanol–water partition coefficient (Wildman–Crippen LogP) is 20.2. The standard InChI is InChI=1S/C73H57NO2/c1-40-20-18-21-41(36-40)50-39-56-61(63-48-24-12-16-30-58(48)75-68(50)63)46-34-32-42(37-54(46)71(56,4)5)74(57-29-19-28-53-60(57)44-22-10-14-26-51(44)70(53,2)3)43-33-35-47-55(38-43)73(8,9)67-65(47)69-64(49-25-13-17-31-59(49)76-69)62-45-23-11-15-27-52(45)72(6,7)66(62)67/h10-39H,1-9H3. The van der Waals surface area contributed by atoms with Crippen molar-refractivity contribution >= 4 is 60.9 Å². The van der Waals surface area contributed by atoms with Crippen molar-refractivity contribution in [3.63, 3.8) is 0 Å². The topological polar surface area (TPSA) is 29.5 Å². The molecule has 0 amide bonds. The van der Waals surface area contributed by atoms with Gasteiger partial charge in [0.2, 0.25) is 0 Å². The first-order valence-corrected chi connectivity index (χ1v) is 27.2. The van der Waals surface area contributed by atoms with Crippen LogP contribution in [-0.4, -0.2) is 0 Å². The van der Waals surface area contributed by atoms with Crippen LogP contribution in [0.25, 0.3) is 99.5 Å². The second-order valence-electron chi connectivity index (χ2n) is 24.4. The van der Waals surface area contributed by atoms with Gasteiger partial charge in [-0.15, -0.1) is 0 Å². The summed E-state index contributed by atoms with van der Waals surface area (Å²) in [4.78, 5) is 2.58. The van der Waals surface area contributed by atoms with E-state index >= 15 is 0 Å². The van der Waals surface area contributed by atoms with Crippen LogP contribution in [0.15, 0.2) is 191 Å². The lowest BCUT2D eigenvalue weighted by Crippen LogP contribution is -2.24. The molecule has 2 aromatic heterocycles. The Morgan fingerprint density at radius 1 is 0.342 bits per heavy atom. The summed E-state index contributed by atoms with van der Waals surface area (Å²) in [7, 11) is 0. The van der Waals surface area contributed by atoms with Crippen molar-refractivity contribution in [2.24, 2.45) is 0 Å². The molecule has 0 N–H and O–H groups in total. The van der Waals surface area contributed by atoms with Crippen LogP contribution in [-0.2, 0) is 21.7 Å². The number of para-hydroxylation sites is 2. The lowest BCUT2D eigenvalue weighted by molar-refractivity contribution is 0.600. The van der Waals surface area contributed by atoms with Crippen molar-refractivity contribution in [1.29, 1.82) is 0 Å². The number of benzene rings is 10. The number of aryl methyl sites for hydroxylation is 1. The SMILES string of the molecule is Cc1cccc(-c2cc3c(c4c2oc2ccccc24)-c2ccc(N(c4ccc5c(c4)C(C)(C)c4c6c(c7c(oc8ccccc87)c4-5)-c4ccccc4C6(C)C)c4cccc5c4-c4ccccc4C5(C)C)cc2C3(C)C)c1. The van der Waals surface area contributed by atoms with Crippen molar-refractivity contribution in [2.75, 3.05) is 4.90 Å².